The van der Waals surface area contributed by atoms with Crippen molar-refractivity contribution < 1.29 is 14.6 Å². The molecule has 2 amide bonds. The Morgan fingerprint density at radius 1 is 1.53 bits per heavy atom. The van der Waals surface area contributed by atoms with E-state index in [2.05, 4.69) is 5.32 Å². The molecule has 1 rings (SSSR count). The third-order valence-electron chi connectivity index (χ3n) is 2.63. The number of benzene rings is 1. The topological polar surface area (TPSA) is 61.8 Å². The molecule has 0 spiro atoms. The van der Waals surface area contributed by atoms with Gasteiger partial charge in [-0.3, -0.25) is 0 Å². The summed E-state index contributed by atoms with van der Waals surface area (Å²) < 4.78 is 5.37. The van der Waals surface area contributed by atoms with Crippen LogP contribution < -0.4 is 10.1 Å². The van der Waals surface area contributed by atoms with Gasteiger partial charge in [0.15, 0.2) is 0 Å². The molecule has 19 heavy (non-hydrogen) atoms. The average molecular weight is 266 g/mol. The van der Waals surface area contributed by atoms with Gasteiger partial charge in [0, 0.05) is 25.3 Å². The van der Waals surface area contributed by atoms with Crippen molar-refractivity contribution in [3.05, 3.63) is 24.3 Å². The molecule has 0 aromatic heterocycles. The Morgan fingerprint density at radius 2 is 2.26 bits per heavy atom. The van der Waals surface area contributed by atoms with E-state index in [0.717, 1.165) is 5.75 Å². The van der Waals surface area contributed by atoms with E-state index in [1.165, 1.54) is 0 Å². The molecule has 0 aliphatic carbocycles. The first kappa shape index (κ1) is 15.3. The number of rotatable bonds is 6. The number of carbonyl (C=O) groups excluding carboxylic acids is 1. The quantitative estimate of drug-likeness (QED) is 0.830. The number of amides is 2. The van der Waals surface area contributed by atoms with Gasteiger partial charge in [-0.2, -0.15) is 0 Å². The Hall–Kier alpha value is -1.75. The highest BCUT2D eigenvalue weighted by Gasteiger charge is 2.09. The lowest BCUT2D eigenvalue weighted by molar-refractivity contribution is 0.167. The van der Waals surface area contributed by atoms with Crippen molar-refractivity contribution in [2.24, 2.45) is 0 Å². The fraction of sp³-hybridized carbons (Fsp3) is 0.500. The van der Waals surface area contributed by atoms with E-state index < -0.39 is 6.10 Å². The molecule has 0 aliphatic heterocycles. The molecule has 106 valence electrons. The minimum absolute atomic E-state index is 0.200. The number of nitrogens with one attached hydrogen (secondary N) is 1. The zero-order chi connectivity index (χ0) is 14.3. The Kier molecular flexibility index (Phi) is 6.15. The zero-order valence-corrected chi connectivity index (χ0v) is 11.7. The largest absolute Gasteiger partial charge is 0.494 e. The second-order valence-corrected chi connectivity index (χ2v) is 4.45. The second kappa shape index (κ2) is 7.63. The minimum atomic E-state index is -0.406. The Bertz CT molecular complexity index is 407. The monoisotopic (exact) mass is 266 g/mol. The van der Waals surface area contributed by atoms with Crippen molar-refractivity contribution in [3.8, 4) is 5.75 Å². The third-order valence-corrected chi connectivity index (χ3v) is 2.63. The molecule has 1 atom stereocenters. The van der Waals surface area contributed by atoms with Gasteiger partial charge in [-0.1, -0.05) is 6.07 Å². The van der Waals surface area contributed by atoms with Gasteiger partial charge in [-0.15, -0.1) is 0 Å². The predicted molar refractivity (Wildman–Crippen MR) is 75.6 cm³/mol. The van der Waals surface area contributed by atoms with Gasteiger partial charge in [0.2, 0.25) is 0 Å². The van der Waals surface area contributed by atoms with Gasteiger partial charge in [0.05, 0.1) is 12.7 Å². The molecule has 5 nitrogen and oxygen atoms in total. The number of carbonyl (C=O) groups is 1. The molecule has 0 saturated carbocycles. The first-order valence-electron chi connectivity index (χ1n) is 6.46. The van der Waals surface area contributed by atoms with Crippen LogP contribution >= 0.6 is 0 Å². The van der Waals surface area contributed by atoms with Crippen molar-refractivity contribution in [2.45, 2.75) is 26.4 Å². The van der Waals surface area contributed by atoms with E-state index in [1.54, 1.807) is 24.9 Å². The molecule has 1 unspecified atom stereocenters. The number of aliphatic hydroxyl groups excluding tert-OH is 1. The van der Waals surface area contributed by atoms with Gasteiger partial charge in [0.25, 0.3) is 0 Å². The summed E-state index contributed by atoms with van der Waals surface area (Å²) in [5.41, 5.74) is 0.694. The highest BCUT2D eigenvalue weighted by atomic mass is 16.5. The molecule has 0 saturated heterocycles. The standard InChI is InChI=1S/C14H22N2O3/c1-4-19-13-7-5-6-12(10-13)15-14(18)16(3)9-8-11(2)17/h5-7,10-11,17H,4,8-9H2,1-3H3,(H,15,18). The Labute approximate surface area is 114 Å². The summed E-state index contributed by atoms with van der Waals surface area (Å²) in [6.45, 7) is 4.72. The maximum atomic E-state index is 11.9. The van der Waals surface area contributed by atoms with Gasteiger partial charge < -0.3 is 20.1 Å². The maximum absolute atomic E-state index is 11.9. The van der Waals surface area contributed by atoms with Gasteiger partial charge in [-0.25, -0.2) is 4.79 Å². The van der Waals surface area contributed by atoms with Crippen LogP contribution in [0.3, 0.4) is 0 Å². The number of urea groups is 1. The van der Waals surface area contributed by atoms with Crippen LogP contribution in [0.25, 0.3) is 0 Å². The van der Waals surface area contributed by atoms with Gasteiger partial charge in [0.1, 0.15) is 5.75 Å². The highest BCUT2D eigenvalue weighted by Crippen LogP contribution is 2.17. The van der Waals surface area contributed by atoms with Crippen LogP contribution in [0.1, 0.15) is 20.3 Å². The van der Waals surface area contributed by atoms with E-state index in [1.807, 2.05) is 25.1 Å². The van der Waals surface area contributed by atoms with Crippen molar-refractivity contribution in [2.75, 3.05) is 25.5 Å². The number of hydrogen-bond donors (Lipinski definition) is 2. The minimum Gasteiger partial charge on any atom is -0.494 e. The van der Waals surface area contributed by atoms with Crippen LogP contribution in [-0.4, -0.2) is 42.3 Å². The first-order chi connectivity index (χ1) is 9.02. The number of nitrogens with zero attached hydrogens (tertiary/aromatic N) is 1. The molecule has 0 heterocycles. The molecule has 1 aromatic carbocycles. The lowest BCUT2D eigenvalue weighted by Gasteiger charge is -2.19. The van der Waals surface area contributed by atoms with Crippen LogP contribution in [0.15, 0.2) is 24.3 Å². The van der Waals surface area contributed by atoms with E-state index in [4.69, 9.17) is 4.74 Å². The summed E-state index contributed by atoms with van der Waals surface area (Å²) in [5.74, 6) is 0.729. The molecule has 1 aromatic rings. The Morgan fingerprint density at radius 3 is 2.89 bits per heavy atom. The smallest absolute Gasteiger partial charge is 0.321 e. The molecule has 0 bridgehead atoms. The molecule has 0 aliphatic rings. The highest BCUT2D eigenvalue weighted by molar-refractivity contribution is 5.89. The van der Waals surface area contributed by atoms with Crippen molar-refractivity contribution >= 4 is 11.7 Å². The van der Waals surface area contributed by atoms with Crippen molar-refractivity contribution in [3.63, 3.8) is 0 Å². The second-order valence-electron chi connectivity index (χ2n) is 4.45. The van der Waals surface area contributed by atoms with E-state index in [-0.39, 0.29) is 6.03 Å². The molecule has 2 N–H and O–H groups in total. The van der Waals surface area contributed by atoms with Gasteiger partial charge in [-0.05, 0) is 32.4 Å². The molecule has 0 fully saturated rings. The van der Waals surface area contributed by atoms with E-state index >= 15 is 0 Å². The molecule has 0 radical (unpaired) electrons. The number of aliphatic hydroxyl groups is 1. The normalized spacial score (nSPS) is 11.8. The molecular formula is C14H22N2O3. The van der Waals surface area contributed by atoms with Crippen LogP contribution in [0.4, 0.5) is 10.5 Å². The van der Waals surface area contributed by atoms with Crippen LogP contribution in [0.2, 0.25) is 0 Å². The zero-order valence-electron chi connectivity index (χ0n) is 11.7. The van der Waals surface area contributed by atoms with Crippen molar-refractivity contribution in [1.82, 2.24) is 4.90 Å². The lowest BCUT2D eigenvalue weighted by Crippen LogP contribution is -2.33. The predicted octanol–water partition coefficient (Wildman–Crippen LogP) is 2.32. The van der Waals surface area contributed by atoms with E-state index in [9.17, 15) is 9.90 Å². The maximum Gasteiger partial charge on any atom is 0.321 e. The molecular weight excluding hydrogens is 244 g/mol. The molecule has 5 heteroatoms. The third kappa shape index (κ3) is 5.61. The number of anilines is 1. The summed E-state index contributed by atoms with van der Waals surface area (Å²) in [6.07, 6.45) is 0.152. The fourth-order valence-corrected chi connectivity index (χ4v) is 1.53. The van der Waals surface area contributed by atoms with Crippen molar-refractivity contribution in [1.29, 1.82) is 0 Å². The fourth-order valence-electron chi connectivity index (χ4n) is 1.53. The first-order valence-corrected chi connectivity index (χ1v) is 6.46. The van der Waals surface area contributed by atoms with Crippen LogP contribution in [0, 0.1) is 0 Å². The summed E-state index contributed by atoms with van der Waals surface area (Å²) in [5, 5.41) is 12.0. The average Bonchev–Trinajstić information content (AvgIpc) is 2.36. The van der Waals surface area contributed by atoms with Crippen LogP contribution in [0.5, 0.6) is 5.75 Å². The van der Waals surface area contributed by atoms with Crippen LogP contribution in [-0.2, 0) is 0 Å². The summed E-state index contributed by atoms with van der Waals surface area (Å²) in [4.78, 5) is 13.4. The Balaban J connectivity index is 2.53. The lowest BCUT2D eigenvalue weighted by atomic mass is 10.3. The summed E-state index contributed by atoms with van der Waals surface area (Å²) >= 11 is 0. The number of ether oxygens (including phenoxy) is 1. The summed E-state index contributed by atoms with van der Waals surface area (Å²) in [6, 6.07) is 7.06. The SMILES string of the molecule is CCOc1cccc(NC(=O)N(C)CCC(C)O)c1. The van der Waals surface area contributed by atoms with Gasteiger partial charge >= 0.3 is 6.03 Å². The van der Waals surface area contributed by atoms with E-state index in [0.29, 0.717) is 25.3 Å². The number of hydrogen-bond acceptors (Lipinski definition) is 3. The summed E-state index contributed by atoms with van der Waals surface area (Å²) in [7, 11) is 1.70.